The van der Waals surface area contributed by atoms with Crippen LogP contribution in [0.4, 0.5) is 5.69 Å². The summed E-state index contributed by atoms with van der Waals surface area (Å²) in [4.78, 5) is 16.0. The number of anilines is 1. The van der Waals surface area contributed by atoms with Gasteiger partial charge in [-0.1, -0.05) is 12.1 Å². The number of rotatable bonds is 6. The molecule has 5 nitrogen and oxygen atoms in total. The van der Waals surface area contributed by atoms with Crippen LogP contribution in [-0.4, -0.2) is 37.7 Å². The fourth-order valence-electron chi connectivity index (χ4n) is 1.81. The molecule has 2 N–H and O–H groups in total. The van der Waals surface area contributed by atoms with Crippen molar-refractivity contribution in [1.29, 1.82) is 0 Å². The van der Waals surface area contributed by atoms with Crippen molar-refractivity contribution >= 4 is 38.4 Å². The molecule has 0 saturated heterocycles. The number of halogens is 1. The smallest absolute Gasteiger partial charge is 0.239 e. The Morgan fingerprint density at radius 1 is 1.45 bits per heavy atom. The van der Waals surface area contributed by atoms with E-state index in [2.05, 4.69) is 31.5 Å². The normalized spacial score (nSPS) is 10.5. The molecule has 0 aliphatic carbocycles. The van der Waals surface area contributed by atoms with Crippen molar-refractivity contribution in [2.24, 2.45) is 0 Å². The number of amides is 1. The molecule has 0 aliphatic rings. The molecule has 6 heteroatoms. The van der Waals surface area contributed by atoms with Gasteiger partial charge in [0.2, 0.25) is 5.91 Å². The van der Waals surface area contributed by atoms with Crippen LogP contribution < -0.4 is 10.6 Å². The second-order valence-corrected chi connectivity index (χ2v) is 5.14. The van der Waals surface area contributed by atoms with Gasteiger partial charge in [-0.2, -0.15) is 0 Å². The van der Waals surface area contributed by atoms with E-state index in [4.69, 9.17) is 4.74 Å². The molecular formula is C14H16BrN3O2. The Bertz CT molecular complexity index is 604. The number of para-hydroxylation sites is 1. The van der Waals surface area contributed by atoms with Crippen molar-refractivity contribution in [2.75, 3.05) is 32.1 Å². The van der Waals surface area contributed by atoms with Gasteiger partial charge in [0.25, 0.3) is 0 Å². The number of benzene rings is 1. The predicted octanol–water partition coefficient (Wildman–Crippen LogP) is 2.17. The molecule has 0 saturated carbocycles. The number of carbonyl (C=O) groups is 1. The molecule has 1 aromatic carbocycles. The van der Waals surface area contributed by atoms with Gasteiger partial charge in [-0.15, -0.1) is 0 Å². The Morgan fingerprint density at radius 2 is 2.30 bits per heavy atom. The number of nitrogens with zero attached hydrogens (tertiary/aromatic N) is 1. The highest BCUT2D eigenvalue weighted by Gasteiger charge is 2.05. The summed E-state index contributed by atoms with van der Waals surface area (Å²) in [5.41, 5.74) is 1.69. The average molecular weight is 338 g/mol. The van der Waals surface area contributed by atoms with E-state index in [0.717, 1.165) is 21.1 Å². The summed E-state index contributed by atoms with van der Waals surface area (Å²) in [5, 5.41) is 6.88. The second kappa shape index (κ2) is 7.21. The molecule has 1 aromatic heterocycles. The standard InChI is InChI=1S/C14H16BrN3O2/c1-20-6-5-16-13(19)9-17-12-4-2-3-10-7-11(15)8-18-14(10)12/h2-4,7-8,17H,5-6,9H2,1H3,(H,16,19). The summed E-state index contributed by atoms with van der Waals surface area (Å²) in [7, 11) is 1.60. The first-order chi connectivity index (χ1) is 9.70. The summed E-state index contributed by atoms with van der Waals surface area (Å²) in [6, 6.07) is 7.82. The van der Waals surface area contributed by atoms with Crippen LogP contribution in [0.25, 0.3) is 10.9 Å². The molecule has 1 amide bonds. The first-order valence-corrected chi connectivity index (χ1v) is 7.04. The van der Waals surface area contributed by atoms with Gasteiger partial charge in [-0.3, -0.25) is 9.78 Å². The number of hydrogen-bond donors (Lipinski definition) is 2. The Labute approximate surface area is 125 Å². The molecule has 106 valence electrons. The maximum atomic E-state index is 11.6. The lowest BCUT2D eigenvalue weighted by molar-refractivity contribution is -0.119. The predicted molar refractivity (Wildman–Crippen MR) is 82.8 cm³/mol. The van der Waals surface area contributed by atoms with Crippen LogP contribution in [0.5, 0.6) is 0 Å². The molecule has 2 rings (SSSR count). The van der Waals surface area contributed by atoms with E-state index in [9.17, 15) is 4.79 Å². The molecule has 1 heterocycles. The minimum absolute atomic E-state index is 0.0730. The zero-order chi connectivity index (χ0) is 14.4. The highest BCUT2D eigenvalue weighted by Crippen LogP contribution is 2.23. The summed E-state index contributed by atoms with van der Waals surface area (Å²) >= 11 is 3.40. The molecule has 2 aromatic rings. The van der Waals surface area contributed by atoms with Gasteiger partial charge in [0.05, 0.1) is 24.4 Å². The van der Waals surface area contributed by atoms with Crippen molar-refractivity contribution in [3.8, 4) is 0 Å². The second-order valence-electron chi connectivity index (χ2n) is 4.23. The van der Waals surface area contributed by atoms with Crippen LogP contribution in [0, 0.1) is 0 Å². The third-order valence-electron chi connectivity index (χ3n) is 2.75. The maximum absolute atomic E-state index is 11.6. The number of carbonyl (C=O) groups excluding carboxylic acids is 1. The van der Waals surface area contributed by atoms with Crippen LogP contribution in [-0.2, 0) is 9.53 Å². The number of fused-ring (bicyclic) bond motifs is 1. The maximum Gasteiger partial charge on any atom is 0.239 e. The third kappa shape index (κ3) is 3.91. The molecule has 0 aliphatic heterocycles. The van der Waals surface area contributed by atoms with Crippen LogP contribution in [0.2, 0.25) is 0 Å². The van der Waals surface area contributed by atoms with Gasteiger partial charge in [-0.05, 0) is 28.1 Å². The highest BCUT2D eigenvalue weighted by atomic mass is 79.9. The lowest BCUT2D eigenvalue weighted by Crippen LogP contribution is -2.32. The number of ether oxygens (including phenoxy) is 1. The minimum atomic E-state index is -0.0730. The lowest BCUT2D eigenvalue weighted by atomic mass is 10.2. The van der Waals surface area contributed by atoms with Gasteiger partial charge < -0.3 is 15.4 Å². The van der Waals surface area contributed by atoms with Crippen LogP contribution in [0.15, 0.2) is 34.9 Å². The van der Waals surface area contributed by atoms with Gasteiger partial charge in [0, 0.05) is 29.7 Å². The Hall–Kier alpha value is -1.66. The van der Waals surface area contributed by atoms with E-state index in [1.54, 1.807) is 13.3 Å². The van der Waals surface area contributed by atoms with Gasteiger partial charge in [0.1, 0.15) is 0 Å². The molecular weight excluding hydrogens is 322 g/mol. The summed E-state index contributed by atoms with van der Waals surface area (Å²) in [6.07, 6.45) is 1.74. The minimum Gasteiger partial charge on any atom is -0.383 e. The summed E-state index contributed by atoms with van der Waals surface area (Å²) < 4.78 is 5.80. The first kappa shape index (κ1) is 14.7. The number of methoxy groups -OCH3 is 1. The molecule has 0 spiro atoms. The molecule has 0 fully saturated rings. The quantitative estimate of drug-likeness (QED) is 0.793. The largest absolute Gasteiger partial charge is 0.383 e. The van der Waals surface area contributed by atoms with Crippen molar-refractivity contribution in [3.63, 3.8) is 0 Å². The molecule has 0 atom stereocenters. The average Bonchev–Trinajstić information content (AvgIpc) is 2.45. The van der Waals surface area contributed by atoms with E-state index in [-0.39, 0.29) is 12.5 Å². The summed E-state index contributed by atoms with van der Waals surface area (Å²) in [6.45, 7) is 1.23. The van der Waals surface area contributed by atoms with Gasteiger partial charge in [-0.25, -0.2) is 0 Å². The van der Waals surface area contributed by atoms with Crippen molar-refractivity contribution < 1.29 is 9.53 Å². The summed E-state index contributed by atoms with van der Waals surface area (Å²) in [5.74, 6) is -0.0730. The fraction of sp³-hybridized carbons (Fsp3) is 0.286. The van der Waals surface area contributed by atoms with E-state index in [1.165, 1.54) is 0 Å². The monoisotopic (exact) mass is 337 g/mol. The van der Waals surface area contributed by atoms with Crippen LogP contribution >= 0.6 is 15.9 Å². The van der Waals surface area contributed by atoms with Gasteiger partial charge in [0.15, 0.2) is 0 Å². The number of aromatic nitrogens is 1. The van der Waals surface area contributed by atoms with E-state index >= 15 is 0 Å². The van der Waals surface area contributed by atoms with Crippen molar-refractivity contribution in [2.45, 2.75) is 0 Å². The number of pyridine rings is 1. The Morgan fingerprint density at radius 3 is 3.10 bits per heavy atom. The first-order valence-electron chi connectivity index (χ1n) is 6.24. The lowest BCUT2D eigenvalue weighted by Gasteiger charge is -2.09. The topological polar surface area (TPSA) is 63.2 Å². The zero-order valence-electron chi connectivity index (χ0n) is 11.1. The van der Waals surface area contributed by atoms with E-state index in [0.29, 0.717) is 13.2 Å². The Balaban J connectivity index is 2.01. The molecule has 0 radical (unpaired) electrons. The SMILES string of the molecule is COCCNC(=O)CNc1cccc2cc(Br)cnc12. The van der Waals surface area contributed by atoms with Crippen molar-refractivity contribution in [1.82, 2.24) is 10.3 Å². The Kier molecular flexibility index (Phi) is 5.31. The van der Waals surface area contributed by atoms with Crippen LogP contribution in [0.3, 0.4) is 0 Å². The molecule has 0 unspecified atom stereocenters. The van der Waals surface area contributed by atoms with Crippen molar-refractivity contribution in [3.05, 3.63) is 34.9 Å². The number of nitrogens with one attached hydrogen (secondary N) is 2. The van der Waals surface area contributed by atoms with E-state index in [1.807, 2.05) is 24.3 Å². The van der Waals surface area contributed by atoms with Gasteiger partial charge >= 0.3 is 0 Å². The number of hydrogen-bond acceptors (Lipinski definition) is 4. The van der Waals surface area contributed by atoms with E-state index < -0.39 is 0 Å². The fourth-order valence-corrected chi connectivity index (χ4v) is 2.16. The van der Waals surface area contributed by atoms with Crippen LogP contribution in [0.1, 0.15) is 0 Å². The third-order valence-corrected chi connectivity index (χ3v) is 3.18. The zero-order valence-corrected chi connectivity index (χ0v) is 12.7. The highest BCUT2D eigenvalue weighted by molar-refractivity contribution is 9.10. The molecule has 0 bridgehead atoms. The molecule has 20 heavy (non-hydrogen) atoms.